The number of hydrogen-bond donors (Lipinski definition) is 1. The van der Waals surface area contributed by atoms with Gasteiger partial charge in [-0.2, -0.15) is 13.2 Å². The maximum absolute atomic E-state index is 12.5. The van der Waals surface area contributed by atoms with Crippen LogP contribution in [0.1, 0.15) is 28.8 Å². The van der Waals surface area contributed by atoms with Gasteiger partial charge >= 0.3 is 6.18 Å². The second-order valence-corrected chi connectivity index (χ2v) is 6.96. The highest BCUT2D eigenvalue weighted by Gasteiger charge is 2.33. The molecule has 0 aliphatic carbocycles. The number of amides is 1. The Hall–Kier alpha value is -0.610. The largest absolute Gasteiger partial charge is 0.401 e. The first-order valence-corrected chi connectivity index (χ1v) is 8.93. The van der Waals surface area contributed by atoms with Crippen LogP contribution in [0.25, 0.3) is 0 Å². The molecule has 1 amide bonds. The average Bonchev–Trinajstić information content (AvgIpc) is 3.14. The lowest BCUT2D eigenvalue weighted by Gasteiger charge is -2.25. The molecule has 1 aliphatic rings. The van der Waals surface area contributed by atoms with Crippen LogP contribution in [0.15, 0.2) is 5.38 Å². The third-order valence-corrected chi connectivity index (χ3v) is 4.98. The molecule has 2 heterocycles. The topological polar surface area (TPSA) is 62.5 Å². The number of rotatable bonds is 7. The summed E-state index contributed by atoms with van der Waals surface area (Å²) in [6, 6.07) is 0. The van der Waals surface area contributed by atoms with Crippen molar-refractivity contribution in [3.05, 3.63) is 16.1 Å². The number of alkyl halides is 3. The van der Waals surface area contributed by atoms with Gasteiger partial charge in [-0.3, -0.25) is 9.69 Å². The fourth-order valence-electron chi connectivity index (χ4n) is 2.90. The van der Waals surface area contributed by atoms with Crippen LogP contribution in [0, 0.1) is 5.92 Å². The molecule has 1 atom stereocenters. The van der Waals surface area contributed by atoms with Gasteiger partial charge in [-0.15, -0.1) is 36.2 Å². The summed E-state index contributed by atoms with van der Waals surface area (Å²) in [6.45, 7) is 3.06. The van der Waals surface area contributed by atoms with Gasteiger partial charge in [-0.25, -0.2) is 4.98 Å². The van der Waals surface area contributed by atoms with Crippen molar-refractivity contribution in [3.8, 4) is 0 Å². The molecule has 0 bridgehead atoms. The van der Waals surface area contributed by atoms with E-state index in [9.17, 15) is 18.0 Å². The maximum atomic E-state index is 12.5. The molecule has 11 heteroatoms. The smallest absolute Gasteiger partial charge is 0.337 e. The molecule has 1 unspecified atom stereocenters. The molecule has 5 nitrogen and oxygen atoms in total. The molecular weight excluding hydrogens is 412 g/mol. The van der Waals surface area contributed by atoms with E-state index in [2.05, 4.69) is 4.98 Å². The molecule has 0 saturated carbocycles. The number of halogens is 5. The van der Waals surface area contributed by atoms with Gasteiger partial charge in [0.15, 0.2) is 0 Å². The van der Waals surface area contributed by atoms with E-state index in [4.69, 9.17) is 5.73 Å². The summed E-state index contributed by atoms with van der Waals surface area (Å²) < 4.78 is 37.6. The Morgan fingerprint density at radius 1 is 1.46 bits per heavy atom. The van der Waals surface area contributed by atoms with Crippen molar-refractivity contribution in [2.75, 3.05) is 39.3 Å². The minimum atomic E-state index is -4.19. The summed E-state index contributed by atoms with van der Waals surface area (Å²) in [5.74, 6) is -0.0747. The predicted octanol–water partition coefficient (Wildman–Crippen LogP) is 2.83. The zero-order valence-electron chi connectivity index (χ0n) is 14.5. The zero-order chi connectivity index (χ0) is 17.7. The van der Waals surface area contributed by atoms with Crippen LogP contribution in [0.3, 0.4) is 0 Å². The molecule has 1 aliphatic heterocycles. The molecule has 0 radical (unpaired) electrons. The van der Waals surface area contributed by atoms with E-state index in [1.165, 1.54) is 16.2 Å². The molecule has 1 fully saturated rings. The van der Waals surface area contributed by atoms with Crippen molar-refractivity contribution in [1.29, 1.82) is 0 Å². The number of carbonyl (C=O) groups is 1. The minimum absolute atomic E-state index is 0. The highest BCUT2D eigenvalue weighted by Crippen LogP contribution is 2.23. The van der Waals surface area contributed by atoms with E-state index >= 15 is 0 Å². The van der Waals surface area contributed by atoms with Crippen LogP contribution in [0.2, 0.25) is 0 Å². The number of nitrogens with two attached hydrogens (primary N) is 1. The number of aromatic nitrogens is 1. The second-order valence-electron chi connectivity index (χ2n) is 6.01. The Bertz CT molecular complexity index is 559. The van der Waals surface area contributed by atoms with Crippen molar-refractivity contribution in [1.82, 2.24) is 14.8 Å². The first kappa shape index (κ1) is 25.4. The van der Waals surface area contributed by atoms with Crippen molar-refractivity contribution in [3.63, 3.8) is 0 Å². The number of likely N-dealkylation sites (tertiary alicyclic amines) is 1. The Labute approximate surface area is 167 Å². The SMILES string of the molecule is CCN(CC1CCN(C(=O)c2csc(CCN)n2)C1)CC(F)(F)F.Cl.Cl. The van der Waals surface area contributed by atoms with Crippen molar-refractivity contribution in [2.24, 2.45) is 11.7 Å². The minimum Gasteiger partial charge on any atom is -0.337 e. The molecule has 1 aromatic rings. The first-order chi connectivity index (χ1) is 11.3. The van der Waals surface area contributed by atoms with Gasteiger partial charge in [0.05, 0.1) is 11.6 Å². The predicted molar refractivity (Wildman–Crippen MR) is 102 cm³/mol. The Kier molecular flexibility index (Phi) is 11.0. The average molecular weight is 437 g/mol. The monoisotopic (exact) mass is 436 g/mol. The van der Waals surface area contributed by atoms with Gasteiger partial charge in [0.2, 0.25) is 0 Å². The van der Waals surface area contributed by atoms with E-state index in [1.807, 2.05) is 0 Å². The molecule has 26 heavy (non-hydrogen) atoms. The van der Waals surface area contributed by atoms with E-state index in [0.717, 1.165) is 11.4 Å². The lowest BCUT2D eigenvalue weighted by molar-refractivity contribution is -0.146. The molecule has 0 aromatic carbocycles. The molecule has 1 aromatic heterocycles. The second kappa shape index (κ2) is 11.3. The number of hydrogen-bond acceptors (Lipinski definition) is 5. The van der Waals surface area contributed by atoms with Crippen LogP contribution in [0.5, 0.6) is 0 Å². The first-order valence-electron chi connectivity index (χ1n) is 8.05. The quantitative estimate of drug-likeness (QED) is 0.713. The van der Waals surface area contributed by atoms with Gasteiger partial charge < -0.3 is 10.6 Å². The van der Waals surface area contributed by atoms with Crippen LogP contribution in [-0.2, 0) is 6.42 Å². The summed E-state index contributed by atoms with van der Waals surface area (Å²) in [5.41, 5.74) is 5.89. The Morgan fingerprint density at radius 2 is 2.15 bits per heavy atom. The van der Waals surface area contributed by atoms with Gasteiger partial charge in [-0.1, -0.05) is 6.92 Å². The summed E-state index contributed by atoms with van der Waals surface area (Å²) in [4.78, 5) is 19.8. The van der Waals surface area contributed by atoms with Crippen LogP contribution < -0.4 is 5.73 Å². The molecule has 2 N–H and O–H groups in total. The summed E-state index contributed by atoms with van der Waals surface area (Å²) in [7, 11) is 0. The van der Waals surface area contributed by atoms with Gasteiger partial charge in [0, 0.05) is 31.4 Å². The third kappa shape index (κ3) is 7.56. The number of carbonyl (C=O) groups excluding carboxylic acids is 1. The van der Waals surface area contributed by atoms with Crippen molar-refractivity contribution >= 4 is 42.1 Å². The van der Waals surface area contributed by atoms with E-state index < -0.39 is 12.7 Å². The zero-order valence-corrected chi connectivity index (χ0v) is 16.9. The maximum Gasteiger partial charge on any atom is 0.401 e. The van der Waals surface area contributed by atoms with Gasteiger partial charge in [-0.05, 0) is 25.4 Å². The normalized spacial score (nSPS) is 17.2. The fourth-order valence-corrected chi connectivity index (χ4v) is 3.69. The molecular formula is C15H25Cl2F3N4OS. The van der Waals surface area contributed by atoms with Crippen LogP contribution in [0.4, 0.5) is 13.2 Å². The Morgan fingerprint density at radius 3 is 2.73 bits per heavy atom. The highest BCUT2D eigenvalue weighted by atomic mass is 35.5. The molecule has 1 saturated heterocycles. The lowest BCUT2D eigenvalue weighted by Crippen LogP contribution is -2.38. The van der Waals surface area contributed by atoms with Crippen LogP contribution >= 0.6 is 36.2 Å². The van der Waals surface area contributed by atoms with Crippen molar-refractivity contribution < 1.29 is 18.0 Å². The van der Waals surface area contributed by atoms with Gasteiger partial charge in [0.1, 0.15) is 5.69 Å². The standard InChI is InChI=1S/C15H23F3N4OS.2ClH/c1-2-21(10-15(16,17)18)7-11-4-6-22(8-11)14(23)12-9-24-13(20-12)3-5-19;;/h9,11H,2-8,10,19H2,1H3;2*1H. The third-order valence-electron chi connectivity index (χ3n) is 4.07. The molecule has 2 rings (SSSR count). The lowest BCUT2D eigenvalue weighted by atomic mass is 10.1. The number of thiazole rings is 1. The summed E-state index contributed by atoms with van der Waals surface area (Å²) >= 11 is 1.41. The molecule has 0 spiro atoms. The summed E-state index contributed by atoms with van der Waals surface area (Å²) in [6.07, 6.45) is -2.83. The van der Waals surface area contributed by atoms with E-state index in [1.54, 1.807) is 17.2 Å². The Balaban J connectivity index is 0.00000312. The van der Waals surface area contributed by atoms with Crippen molar-refractivity contribution in [2.45, 2.75) is 25.9 Å². The van der Waals surface area contributed by atoms with Crippen LogP contribution in [-0.4, -0.2) is 66.1 Å². The van der Waals surface area contributed by atoms with Gasteiger partial charge in [0.25, 0.3) is 5.91 Å². The summed E-state index contributed by atoms with van der Waals surface area (Å²) in [5, 5.41) is 2.56. The van der Waals surface area contributed by atoms with E-state index in [0.29, 0.717) is 44.8 Å². The molecule has 152 valence electrons. The number of nitrogens with zero attached hydrogens (tertiary/aromatic N) is 3. The van der Waals surface area contributed by atoms with E-state index in [-0.39, 0.29) is 36.6 Å². The fraction of sp³-hybridized carbons (Fsp3) is 0.733. The highest BCUT2D eigenvalue weighted by molar-refractivity contribution is 7.09.